The van der Waals surface area contributed by atoms with E-state index in [1.54, 1.807) is 24.3 Å². The average Bonchev–Trinajstić information content (AvgIpc) is 3.33. The monoisotopic (exact) mass is 607 g/mol. The highest BCUT2D eigenvalue weighted by atomic mass is 19.1. The minimum atomic E-state index is -1.10. The van der Waals surface area contributed by atoms with E-state index in [1.165, 1.54) is 12.1 Å². The van der Waals surface area contributed by atoms with Gasteiger partial charge in [0.25, 0.3) is 0 Å². The maximum Gasteiger partial charge on any atom is 0.319 e. The van der Waals surface area contributed by atoms with Crippen LogP contribution >= 0.6 is 0 Å². The van der Waals surface area contributed by atoms with E-state index in [0.29, 0.717) is 37.3 Å². The molecule has 4 unspecified atom stereocenters. The molecule has 3 saturated heterocycles. The van der Waals surface area contributed by atoms with Gasteiger partial charge >= 0.3 is 6.01 Å². The standard InChI is InChI=1S/C33H36F3N5O3/c1-18-14-40(15-19(2)44-18)10-5-11-43-33-38-31-24(32(39-33)41-16-21-8-9-22(17-41)37-21)13-25(34)28(30(31)36)27-23-7-4-3-6-20(23)12-26(42)29(27)35/h3-4,6-7,12-13,18-19,21-22,37,42H,5,8-11,14-17H2,1-2H3. The summed E-state index contributed by atoms with van der Waals surface area (Å²) in [5, 5.41) is 14.8. The number of ether oxygens (including phenoxy) is 2. The molecule has 0 amide bonds. The van der Waals surface area contributed by atoms with Gasteiger partial charge in [-0.25, -0.2) is 13.2 Å². The van der Waals surface area contributed by atoms with Crippen molar-refractivity contribution in [3.8, 4) is 22.9 Å². The number of morpholine rings is 1. The van der Waals surface area contributed by atoms with Crippen molar-refractivity contribution in [1.82, 2.24) is 20.2 Å². The first-order valence-electron chi connectivity index (χ1n) is 15.4. The first-order valence-corrected chi connectivity index (χ1v) is 15.4. The third-order valence-corrected chi connectivity index (χ3v) is 8.92. The van der Waals surface area contributed by atoms with Crippen LogP contribution in [0.2, 0.25) is 0 Å². The van der Waals surface area contributed by atoms with Crippen molar-refractivity contribution >= 4 is 27.5 Å². The molecule has 0 aliphatic carbocycles. The summed E-state index contributed by atoms with van der Waals surface area (Å²) in [5.74, 6) is -3.39. The number of phenolic OH excluding ortho intramolecular Hbond substituents is 1. The highest BCUT2D eigenvalue weighted by Gasteiger charge is 2.35. The van der Waals surface area contributed by atoms with Crippen LogP contribution in [0.4, 0.5) is 19.0 Å². The molecule has 1 aromatic heterocycles. The van der Waals surface area contributed by atoms with Crippen LogP contribution in [0.15, 0.2) is 36.4 Å². The summed E-state index contributed by atoms with van der Waals surface area (Å²) >= 11 is 0. The lowest BCUT2D eigenvalue weighted by Gasteiger charge is -2.35. The zero-order valence-corrected chi connectivity index (χ0v) is 24.8. The lowest BCUT2D eigenvalue weighted by atomic mass is 9.95. The Bertz CT molecular complexity index is 1700. The van der Waals surface area contributed by atoms with Crippen molar-refractivity contribution in [3.63, 3.8) is 0 Å². The molecule has 4 aromatic rings. The maximum absolute atomic E-state index is 16.6. The number of fused-ring (bicyclic) bond motifs is 4. The molecule has 0 saturated carbocycles. The second kappa shape index (κ2) is 11.7. The number of aromatic nitrogens is 2. The van der Waals surface area contributed by atoms with Crippen LogP contribution in [-0.4, -0.2) is 83.6 Å². The Hall–Kier alpha value is -3.67. The van der Waals surface area contributed by atoms with Gasteiger partial charge in [-0.2, -0.15) is 9.97 Å². The fraction of sp³-hybridized carbons (Fsp3) is 0.455. The molecule has 3 aromatic carbocycles. The van der Waals surface area contributed by atoms with E-state index in [0.717, 1.165) is 32.5 Å². The average molecular weight is 608 g/mol. The predicted octanol–water partition coefficient (Wildman–Crippen LogP) is 5.39. The molecule has 232 valence electrons. The van der Waals surface area contributed by atoms with Gasteiger partial charge in [-0.3, -0.25) is 4.90 Å². The smallest absolute Gasteiger partial charge is 0.319 e. The van der Waals surface area contributed by atoms with Crippen LogP contribution in [0, 0.1) is 17.5 Å². The molecule has 44 heavy (non-hydrogen) atoms. The number of nitrogens with one attached hydrogen (secondary N) is 1. The van der Waals surface area contributed by atoms with Crippen molar-refractivity contribution in [1.29, 1.82) is 0 Å². The maximum atomic E-state index is 16.6. The molecule has 2 N–H and O–H groups in total. The number of aromatic hydroxyl groups is 1. The van der Waals surface area contributed by atoms with Gasteiger partial charge in [0.05, 0.1) is 24.4 Å². The lowest BCUT2D eigenvalue weighted by molar-refractivity contribution is -0.0686. The van der Waals surface area contributed by atoms with Gasteiger partial charge in [0.15, 0.2) is 17.4 Å². The number of benzene rings is 3. The van der Waals surface area contributed by atoms with Crippen molar-refractivity contribution in [2.24, 2.45) is 0 Å². The van der Waals surface area contributed by atoms with Crippen LogP contribution in [-0.2, 0) is 4.74 Å². The summed E-state index contributed by atoms with van der Waals surface area (Å²) in [6.45, 7) is 8.16. The zero-order chi connectivity index (χ0) is 30.5. The summed E-state index contributed by atoms with van der Waals surface area (Å²) in [7, 11) is 0. The van der Waals surface area contributed by atoms with E-state index in [1.807, 2.05) is 4.90 Å². The molecule has 3 fully saturated rings. The number of halogens is 3. The van der Waals surface area contributed by atoms with Crippen LogP contribution in [0.5, 0.6) is 11.8 Å². The Labute approximate surface area is 253 Å². The Morgan fingerprint density at radius 1 is 0.932 bits per heavy atom. The molecule has 3 aliphatic rings. The molecule has 0 spiro atoms. The first kappa shape index (κ1) is 29.1. The van der Waals surface area contributed by atoms with Crippen molar-refractivity contribution in [2.75, 3.05) is 44.2 Å². The second-order valence-corrected chi connectivity index (χ2v) is 12.3. The molecule has 2 bridgehead atoms. The number of phenols is 1. The Kier molecular flexibility index (Phi) is 7.72. The van der Waals surface area contributed by atoms with Gasteiger partial charge in [0, 0.05) is 55.8 Å². The van der Waals surface area contributed by atoms with E-state index >= 15 is 13.2 Å². The van der Waals surface area contributed by atoms with Crippen molar-refractivity contribution in [2.45, 2.75) is 57.4 Å². The quantitative estimate of drug-likeness (QED) is 0.271. The van der Waals surface area contributed by atoms with Crippen LogP contribution in [0.25, 0.3) is 32.8 Å². The molecule has 0 radical (unpaired) electrons. The summed E-state index contributed by atoms with van der Waals surface area (Å²) in [6.07, 6.45) is 3.05. The van der Waals surface area contributed by atoms with Gasteiger partial charge < -0.3 is 24.8 Å². The number of nitrogens with zero attached hydrogens (tertiary/aromatic N) is 4. The summed E-state index contributed by atoms with van der Waals surface area (Å²) < 4.78 is 59.8. The second-order valence-electron chi connectivity index (χ2n) is 12.3. The first-order chi connectivity index (χ1) is 21.2. The van der Waals surface area contributed by atoms with Gasteiger partial charge in [-0.1, -0.05) is 24.3 Å². The van der Waals surface area contributed by atoms with Crippen molar-refractivity contribution in [3.05, 3.63) is 53.8 Å². The third-order valence-electron chi connectivity index (χ3n) is 8.92. The lowest BCUT2D eigenvalue weighted by Crippen LogP contribution is -2.51. The zero-order valence-electron chi connectivity index (χ0n) is 24.8. The van der Waals surface area contributed by atoms with Crippen LogP contribution in [0.1, 0.15) is 33.1 Å². The summed E-state index contributed by atoms with van der Waals surface area (Å²) in [4.78, 5) is 13.5. The van der Waals surface area contributed by atoms with Gasteiger partial charge in [-0.15, -0.1) is 0 Å². The SMILES string of the molecule is CC1CN(CCCOc2nc(N3CC4CCC(C3)N4)c3cc(F)c(-c4c(F)c(O)cc5ccccc45)c(F)c3n2)CC(C)O1. The van der Waals surface area contributed by atoms with E-state index in [2.05, 4.69) is 34.0 Å². The minimum Gasteiger partial charge on any atom is -0.505 e. The third kappa shape index (κ3) is 5.41. The topological polar surface area (TPSA) is 83.0 Å². The summed E-state index contributed by atoms with van der Waals surface area (Å²) in [5.41, 5.74) is -1.10. The highest BCUT2D eigenvalue weighted by molar-refractivity contribution is 6.01. The molecule has 4 heterocycles. The molecular weight excluding hydrogens is 571 g/mol. The molecular formula is C33H36F3N5O3. The van der Waals surface area contributed by atoms with E-state index in [4.69, 9.17) is 9.47 Å². The molecule has 3 aliphatic heterocycles. The Morgan fingerprint density at radius 3 is 2.41 bits per heavy atom. The van der Waals surface area contributed by atoms with E-state index < -0.39 is 28.8 Å². The Balaban J connectivity index is 1.28. The molecule has 8 nitrogen and oxygen atoms in total. The molecule has 4 atom stereocenters. The van der Waals surface area contributed by atoms with E-state index in [9.17, 15) is 5.11 Å². The van der Waals surface area contributed by atoms with Gasteiger partial charge in [0.2, 0.25) is 0 Å². The molecule has 11 heteroatoms. The number of anilines is 1. The number of hydrogen-bond acceptors (Lipinski definition) is 8. The fourth-order valence-electron chi connectivity index (χ4n) is 7.14. The number of piperazine rings is 1. The predicted molar refractivity (Wildman–Crippen MR) is 163 cm³/mol. The molecule has 7 rings (SSSR count). The summed E-state index contributed by atoms with van der Waals surface area (Å²) in [6, 6.07) is 9.50. The largest absolute Gasteiger partial charge is 0.505 e. The van der Waals surface area contributed by atoms with Crippen molar-refractivity contribution < 1.29 is 27.8 Å². The van der Waals surface area contributed by atoms with Crippen LogP contribution < -0.4 is 15.0 Å². The van der Waals surface area contributed by atoms with Gasteiger partial charge in [0.1, 0.15) is 17.2 Å². The highest BCUT2D eigenvalue weighted by Crippen LogP contribution is 2.42. The Morgan fingerprint density at radius 2 is 1.66 bits per heavy atom. The number of rotatable bonds is 7. The normalized spacial score (nSPS) is 24.0. The number of hydrogen-bond donors (Lipinski definition) is 2. The fourth-order valence-corrected chi connectivity index (χ4v) is 7.14. The van der Waals surface area contributed by atoms with Crippen LogP contribution in [0.3, 0.4) is 0 Å². The minimum absolute atomic E-state index is 0.0141. The van der Waals surface area contributed by atoms with Gasteiger partial charge in [-0.05, 0) is 56.0 Å². The van der Waals surface area contributed by atoms with E-state index in [-0.39, 0.29) is 52.2 Å².